The van der Waals surface area contributed by atoms with Gasteiger partial charge in [-0.2, -0.15) is 18.4 Å². The standard InChI is InChI=1S/C18H11F3N4O3S/c1-29(27,28)17-23-6-5-14(24-17)13-8-11(9-22)16(26)25-15(13)10-3-2-4-12(7-10)18(19,20)21/h2-8H,1H3,(H,25,26). The molecule has 0 aliphatic heterocycles. The maximum atomic E-state index is 13.1. The van der Waals surface area contributed by atoms with E-state index in [4.69, 9.17) is 5.26 Å². The fraction of sp³-hybridized carbons (Fsp3) is 0.111. The van der Waals surface area contributed by atoms with Gasteiger partial charge in [-0.15, -0.1) is 0 Å². The van der Waals surface area contributed by atoms with E-state index < -0.39 is 32.3 Å². The number of hydrogen-bond donors (Lipinski definition) is 1. The first-order valence-corrected chi connectivity index (χ1v) is 9.78. The Kier molecular flexibility index (Phi) is 4.98. The van der Waals surface area contributed by atoms with Gasteiger partial charge in [-0.1, -0.05) is 12.1 Å². The molecule has 7 nitrogen and oxygen atoms in total. The summed E-state index contributed by atoms with van der Waals surface area (Å²) in [7, 11) is -3.77. The van der Waals surface area contributed by atoms with Crippen molar-refractivity contribution in [3.8, 4) is 28.6 Å². The highest BCUT2D eigenvalue weighted by atomic mass is 32.2. The van der Waals surface area contributed by atoms with Crippen molar-refractivity contribution in [3.05, 3.63) is 64.1 Å². The first kappa shape index (κ1) is 20.2. The van der Waals surface area contributed by atoms with Crippen molar-refractivity contribution in [2.75, 3.05) is 6.26 Å². The van der Waals surface area contributed by atoms with E-state index in [2.05, 4.69) is 15.0 Å². The van der Waals surface area contributed by atoms with E-state index in [0.29, 0.717) is 0 Å². The van der Waals surface area contributed by atoms with Crippen LogP contribution in [0.4, 0.5) is 13.2 Å². The maximum Gasteiger partial charge on any atom is 0.416 e. The number of benzene rings is 1. The number of H-pyrrole nitrogens is 1. The van der Waals surface area contributed by atoms with Crippen LogP contribution in [0.1, 0.15) is 11.1 Å². The number of aromatic amines is 1. The van der Waals surface area contributed by atoms with E-state index >= 15 is 0 Å². The lowest BCUT2D eigenvalue weighted by molar-refractivity contribution is -0.137. The summed E-state index contributed by atoms with van der Waals surface area (Å²) in [5, 5.41) is 8.63. The number of nitrogens with zero attached hydrogens (tertiary/aromatic N) is 3. The van der Waals surface area contributed by atoms with E-state index in [-0.39, 0.29) is 28.1 Å². The SMILES string of the molecule is CS(=O)(=O)c1nccc(-c2cc(C#N)c(=O)[nH]c2-c2cccc(C(F)(F)F)c2)n1. The van der Waals surface area contributed by atoms with Gasteiger partial charge in [0.15, 0.2) is 0 Å². The van der Waals surface area contributed by atoms with E-state index in [9.17, 15) is 26.4 Å². The molecule has 0 atom stereocenters. The zero-order chi connectivity index (χ0) is 21.4. The fourth-order valence-corrected chi connectivity index (χ4v) is 3.08. The van der Waals surface area contributed by atoms with E-state index in [1.54, 1.807) is 6.07 Å². The van der Waals surface area contributed by atoms with Crippen LogP contribution in [-0.4, -0.2) is 29.6 Å². The molecule has 0 aliphatic rings. The van der Waals surface area contributed by atoms with Crippen LogP contribution in [-0.2, 0) is 16.0 Å². The van der Waals surface area contributed by atoms with Crippen molar-refractivity contribution >= 4 is 9.84 Å². The maximum absolute atomic E-state index is 13.1. The first-order valence-electron chi connectivity index (χ1n) is 7.89. The van der Waals surface area contributed by atoms with Gasteiger partial charge in [-0.3, -0.25) is 4.79 Å². The minimum absolute atomic E-state index is 0.0101. The van der Waals surface area contributed by atoms with Gasteiger partial charge in [0.05, 0.1) is 17.0 Å². The molecule has 0 unspecified atom stereocenters. The topological polar surface area (TPSA) is 117 Å². The van der Waals surface area contributed by atoms with Crippen LogP contribution in [0.25, 0.3) is 22.5 Å². The summed E-state index contributed by atoms with van der Waals surface area (Å²) >= 11 is 0. The second kappa shape index (κ2) is 7.14. The van der Waals surface area contributed by atoms with Crippen LogP contribution < -0.4 is 5.56 Å². The number of hydrogen-bond acceptors (Lipinski definition) is 6. The molecule has 2 heterocycles. The summed E-state index contributed by atoms with van der Waals surface area (Å²) in [6, 6.07) is 8.36. The highest BCUT2D eigenvalue weighted by Crippen LogP contribution is 2.34. The predicted molar refractivity (Wildman–Crippen MR) is 96.4 cm³/mol. The number of rotatable bonds is 3. The monoisotopic (exact) mass is 420 g/mol. The Labute approximate surface area is 162 Å². The molecule has 0 amide bonds. The van der Waals surface area contributed by atoms with Crippen molar-refractivity contribution in [1.29, 1.82) is 5.26 Å². The molecule has 0 bridgehead atoms. The molecule has 2 aromatic heterocycles. The van der Waals surface area contributed by atoms with Gasteiger partial charge in [0.25, 0.3) is 5.56 Å². The molecular weight excluding hydrogens is 409 g/mol. The molecule has 0 spiro atoms. The molecule has 148 valence electrons. The Morgan fingerprint density at radius 1 is 1.17 bits per heavy atom. The smallest absolute Gasteiger partial charge is 0.320 e. The van der Waals surface area contributed by atoms with Gasteiger partial charge in [0.2, 0.25) is 15.0 Å². The number of nitrogens with one attached hydrogen (secondary N) is 1. The normalized spacial score (nSPS) is 11.8. The predicted octanol–water partition coefficient (Wildman–Crippen LogP) is 2.79. The number of alkyl halides is 3. The number of halogens is 3. The number of nitriles is 1. The van der Waals surface area contributed by atoms with Crippen molar-refractivity contribution in [3.63, 3.8) is 0 Å². The molecule has 1 aromatic carbocycles. The second-order valence-corrected chi connectivity index (χ2v) is 7.90. The van der Waals surface area contributed by atoms with E-state index in [1.165, 1.54) is 18.2 Å². The third-order valence-corrected chi connectivity index (χ3v) is 4.74. The van der Waals surface area contributed by atoms with Gasteiger partial charge in [0, 0.05) is 18.0 Å². The largest absolute Gasteiger partial charge is 0.416 e. The fourth-order valence-electron chi connectivity index (χ4n) is 2.56. The molecule has 11 heteroatoms. The summed E-state index contributed by atoms with van der Waals surface area (Å²) in [6.07, 6.45) is -2.55. The summed E-state index contributed by atoms with van der Waals surface area (Å²) in [4.78, 5) is 22.1. The van der Waals surface area contributed by atoms with Gasteiger partial charge in [-0.05, 0) is 29.8 Å². The molecule has 3 aromatic rings. The zero-order valence-electron chi connectivity index (χ0n) is 14.6. The molecule has 0 saturated carbocycles. The molecule has 0 saturated heterocycles. The Balaban J connectivity index is 2.32. The lowest BCUT2D eigenvalue weighted by Gasteiger charge is -2.13. The van der Waals surface area contributed by atoms with Crippen molar-refractivity contribution in [2.24, 2.45) is 0 Å². The van der Waals surface area contributed by atoms with Crippen LogP contribution in [0.15, 0.2) is 52.5 Å². The van der Waals surface area contributed by atoms with Gasteiger partial charge < -0.3 is 4.98 Å². The van der Waals surface area contributed by atoms with Gasteiger partial charge >= 0.3 is 6.18 Å². The van der Waals surface area contributed by atoms with Gasteiger partial charge in [-0.25, -0.2) is 18.4 Å². The Hall–Kier alpha value is -3.52. The average Bonchev–Trinajstić information content (AvgIpc) is 2.66. The number of aromatic nitrogens is 3. The zero-order valence-corrected chi connectivity index (χ0v) is 15.5. The highest BCUT2D eigenvalue weighted by Gasteiger charge is 2.30. The molecule has 0 aliphatic carbocycles. The minimum Gasteiger partial charge on any atom is -0.320 e. The first-order chi connectivity index (χ1) is 13.5. The Bertz CT molecular complexity index is 1310. The van der Waals surface area contributed by atoms with Crippen molar-refractivity contribution in [2.45, 2.75) is 11.3 Å². The minimum atomic E-state index is -4.61. The average molecular weight is 420 g/mol. The van der Waals surface area contributed by atoms with Crippen LogP contribution in [0.3, 0.4) is 0 Å². The Morgan fingerprint density at radius 3 is 2.52 bits per heavy atom. The summed E-state index contributed by atoms with van der Waals surface area (Å²) < 4.78 is 62.7. The van der Waals surface area contributed by atoms with Crippen LogP contribution in [0.5, 0.6) is 0 Å². The number of pyridine rings is 1. The van der Waals surface area contributed by atoms with Crippen LogP contribution >= 0.6 is 0 Å². The molecular formula is C18H11F3N4O3S. The third kappa shape index (κ3) is 4.17. The summed E-state index contributed by atoms with van der Waals surface area (Å²) in [5.41, 5.74) is -2.00. The highest BCUT2D eigenvalue weighted by molar-refractivity contribution is 7.90. The lowest BCUT2D eigenvalue weighted by Crippen LogP contribution is -2.13. The number of sulfone groups is 1. The quantitative estimate of drug-likeness (QED) is 0.652. The van der Waals surface area contributed by atoms with E-state index in [0.717, 1.165) is 30.7 Å². The van der Waals surface area contributed by atoms with Crippen LogP contribution in [0.2, 0.25) is 0 Å². The third-order valence-electron chi connectivity index (χ3n) is 3.88. The molecule has 3 rings (SSSR count). The molecule has 1 N–H and O–H groups in total. The lowest BCUT2D eigenvalue weighted by atomic mass is 10.00. The van der Waals surface area contributed by atoms with Crippen molar-refractivity contribution in [1.82, 2.24) is 15.0 Å². The summed E-state index contributed by atoms with van der Waals surface area (Å²) in [6.45, 7) is 0. The molecule has 0 fully saturated rings. The van der Waals surface area contributed by atoms with E-state index in [1.807, 2.05) is 0 Å². The van der Waals surface area contributed by atoms with Crippen molar-refractivity contribution < 1.29 is 21.6 Å². The van der Waals surface area contributed by atoms with Crippen LogP contribution in [0, 0.1) is 11.3 Å². The second-order valence-electron chi connectivity index (χ2n) is 5.99. The summed E-state index contributed by atoms with van der Waals surface area (Å²) in [5.74, 6) is 0. The molecule has 0 radical (unpaired) electrons. The van der Waals surface area contributed by atoms with Gasteiger partial charge in [0.1, 0.15) is 11.6 Å². The molecule has 29 heavy (non-hydrogen) atoms. The Morgan fingerprint density at radius 2 is 1.90 bits per heavy atom.